The first-order valence-corrected chi connectivity index (χ1v) is 10.5. The van der Waals surface area contributed by atoms with Crippen LogP contribution in [0.1, 0.15) is 35.1 Å². The molecule has 9 heteroatoms. The van der Waals surface area contributed by atoms with Crippen molar-refractivity contribution >= 4 is 21.9 Å². The van der Waals surface area contributed by atoms with Gasteiger partial charge in [-0.15, -0.1) is 5.10 Å². The molecule has 5 rings (SSSR count). The van der Waals surface area contributed by atoms with E-state index in [1.54, 1.807) is 23.1 Å². The molecule has 0 bridgehead atoms. The van der Waals surface area contributed by atoms with Gasteiger partial charge in [0.15, 0.2) is 0 Å². The van der Waals surface area contributed by atoms with Crippen LogP contribution in [-0.4, -0.2) is 40.5 Å². The molecule has 1 aromatic heterocycles. The third-order valence-electron chi connectivity index (χ3n) is 5.11. The monoisotopic (exact) mass is 395 g/mol. The second-order valence-electron chi connectivity index (χ2n) is 6.81. The molecule has 1 fully saturated rings. The van der Waals surface area contributed by atoms with Crippen LogP contribution in [0.4, 0.5) is 5.95 Å². The first-order valence-electron chi connectivity index (χ1n) is 9.00. The van der Waals surface area contributed by atoms with E-state index in [9.17, 15) is 13.2 Å². The van der Waals surface area contributed by atoms with Gasteiger partial charge in [0.1, 0.15) is 4.90 Å². The quantitative estimate of drug-likeness (QED) is 0.718. The summed E-state index contributed by atoms with van der Waals surface area (Å²) >= 11 is 0. The maximum atomic E-state index is 13.1. The zero-order valence-electron chi connectivity index (χ0n) is 14.8. The topological polar surface area (TPSA) is 97.2 Å². The minimum atomic E-state index is -3.74. The smallest absolute Gasteiger partial charge is 0.294 e. The Hall–Kier alpha value is -3.20. The lowest BCUT2D eigenvalue weighted by Gasteiger charge is -2.23. The van der Waals surface area contributed by atoms with Gasteiger partial charge in [0.25, 0.3) is 15.9 Å². The van der Waals surface area contributed by atoms with Crippen molar-refractivity contribution < 1.29 is 13.2 Å². The molecule has 2 aliphatic heterocycles. The number of hydrogen-bond acceptors (Lipinski definition) is 5. The number of likely N-dealkylation sites (tertiary alicyclic amines) is 1. The molecule has 1 saturated heterocycles. The van der Waals surface area contributed by atoms with Crippen LogP contribution in [0.5, 0.6) is 0 Å². The number of benzene rings is 2. The van der Waals surface area contributed by atoms with Gasteiger partial charge in [-0.2, -0.15) is 9.67 Å². The average molecular weight is 395 g/mol. The van der Waals surface area contributed by atoms with Crippen molar-refractivity contribution in [1.29, 1.82) is 0 Å². The number of nitrogens with zero attached hydrogens (tertiary/aromatic N) is 4. The highest BCUT2D eigenvalue weighted by atomic mass is 32.2. The van der Waals surface area contributed by atoms with Crippen LogP contribution in [0.3, 0.4) is 0 Å². The molecule has 1 atom stereocenters. The van der Waals surface area contributed by atoms with Gasteiger partial charge in [0.05, 0.1) is 11.7 Å². The first-order chi connectivity index (χ1) is 13.5. The summed E-state index contributed by atoms with van der Waals surface area (Å²) in [4.78, 5) is 19.2. The Balaban J connectivity index is 1.53. The molecule has 8 nitrogen and oxygen atoms in total. The largest absolute Gasteiger partial charge is 0.329 e. The van der Waals surface area contributed by atoms with E-state index in [1.807, 2.05) is 30.3 Å². The molecular weight excluding hydrogens is 378 g/mol. The lowest BCUT2D eigenvalue weighted by atomic mass is 10.0. The molecule has 2 aliphatic rings. The minimum absolute atomic E-state index is 0.0164. The molecule has 0 spiro atoms. The van der Waals surface area contributed by atoms with Crippen molar-refractivity contribution in [3.63, 3.8) is 0 Å². The van der Waals surface area contributed by atoms with Crippen LogP contribution in [0.15, 0.2) is 59.5 Å². The fraction of sp³-hybridized carbons (Fsp3) is 0.211. The molecule has 3 heterocycles. The Bertz CT molecular complexity index is 1170. The number of sulfonamides is 1. The number of carbonyl (C=O) groups excluding carboxylic acids is 1. The molecule has 0 aliphatic carbocycles. The predicted molar refractivity (Wildman–Crippen MR) is 102 cm³/mol. The van der Waals surface area contributed by atoms with E-state index >= 15 is 0 Å². The second kappa shape index (κ2) is 6.16. The Morgan fingerprint density at radius 3 is 2.64 bits per heavy atom. The lowest BCUT2D eigenvalue weighted by Crippen LogP contribution is -2.31. The van der Waals surface area contributed by atoms with Crippen LogP contribution < -0.4 is 4.72 Å². The molecule has 2 aromatic carbocycles. The third kappa shape index (κ3) is 2.58. The molecule has 0 saturated carbocycles. The molecule has 1 unspecified atom stereocenters. The summed E-state index contributed by atoms with van der Waals surface area (Å²) < 4.78 is 28.6. The maximum Gasteiger partial charge on any atom is 0.294 e. The number of aromatic nitrogens is 3. The van der Waals surface area contributed by atoms with Gasteiger partial charge in [-0.1, -0.05) is 42.5 Å². The van der Waals surface area contributed by atoms with Crippen molar-refractivity contribution in [3.05, 3.63) is 66.0 Å². The standard InChI is InChI=1S/C19H17N5O3S/c25-18(23-12-6-10-14(23)13-7-2-1-3-8-13)17-20-19-22-28(26,27)16-11-5-4-9-15(16)24(19)21-17/h1-5,7-9,11,14H,6,10,12H2,(H,20,21,22). The van der Waals surface area contributed by atoms with E-state index in [2.05, 4.69) is 14.8 Å². The highest BCUT2D eigenvalue weighted by molar-refractivity contribution is 7.92. The van der Waals surface area contributed by atoms with Crippen LogP contribution in [0.2, 0.25) is 0 Å². The molecule has 3 aromatic rings. The number of amides is 1. The van der Waals surface area contributed by atoms with Gasteiger partial charge in [-0.05, 0) is 30.5 Å². The third-order valence-corrected chi connectivity index (χ3v) is 6.48. The van der Waals surface area contributed by atoms with Crippen LogP contribution in [-0.2, 0) is 10.0 Å². The first kappa shape index (κ1) is 16.9. The SMILES string of the molecule is O=C(c1nc2n(n1)-c1ccccc1S(=O)(=O)N2)N1CCCC1c1ccccc1. The minimum Gasteiger partial charge on any atom is -0.329 e. The van der Waals surface area contributed by atoms with Crippen molar-refractivity contribution in [1.82, 2.24) is 19.7 Å². The van der Waals surface area contributed by atoms with Crippen molar-refractivity contribution in [3.8, 4) is 5.69 Å². The summed E-state index contributed by atoms with van der Waals surface area (Å²) in [6, 6.07) is 16.3. The number of para-hydroxylation sites is 1. The lowest BCUT2D eigenvalue weighted by molar-refractivity contribution is 0.0723. The van der Waals surface area contributed by atoms with Crippen LogP contribution in [0, 0.1) is 0 Å². The number of anilines is 1. The van der Waals surface area contributed by atoms with Crippen molar-refractivity contribution in [2.24, 2.45) is 0 Å². The maximum absolute atomic E-state index is 13.1. The number of hydrogen-bond donors (Lipinski definition) is 1. The Kier molecular flexibility index (Phi) is 3.73. The molecule has 28 heavy (non-hydrogen) atoms. The van der Waals surface area contributed by atoms with Gasteiger partial charge in [0, 0.05) is 6.54 Å². The van der Waals surface area contributed by atoms with E-state index < -0.39 is 10.0 Å². The van der Waals surface area contributed by atoms with Crippen molar-refractivity contribution in [2.75, 3.05) is 11.3 Å². The van der Waals surface area contributed by atoms with Crippen molar-refractivity contribution in [2.45, 2.75) is 23.8 Å². The van der Waals surface area contributed by atoms with Gasteiger partial charge >= 0.3 is 0 Å². The van der Waals surface area contributed by atoms with Gasteiger partial charge in [0.2, 0.25) is 11.8 Å². The van der Waals surface area contributed by atoms with E-state index in [4.69, 9.17) is 0 Å². The Morgan fingerprint density at radius 2 is 1.82 bits per heavy atom. The average Bonchev–Trinajstić information content (AvgIpc) is 3.35. The molecular formula is C19H17N5O3S. The van der Waals surface area contributed by atoms with Crippen LogP contribution in [0.25, 0.3) is 5.69 Å². The zero-order chi connectivity index (χ0) is 19.3. The predicted octanol–water partition coefficient (Wildman–Crippen LogP) is 2.36. The van der Waals surface area contributed by atoms with Gasteiger partial charge < -0.3 is 4.90 Å². The number of fused-ring (bicyclic) bond motifs is 3. The molecule has 1 amide bonds. The van der Waals surface area contributed by atoms with E-state index in [0.717, 1.165) is 18.4 Å². The summed E-state index contributed by atoms with van der Waals surface area (Å²) in [6.45, 7) is 0.616. The summed E-state index contributed by atoms with van der Waals surface area (Å²) in [5, 5.41) is 4.32. The Labute approximate surface area is 161 Å². The number of rotatable bonds is 2. The molecule has 0 radical (unpaired) electrons. The molecule has 1 N–H and O–H groups in total. The zero-order valence-corrected chi connectivity index (χ0v) is 15.6. The number of carbonyl (C=O) groups is 1. The summed E-state index contributed by atoms with van der Waals surface area (Å²) in [7, 11) is -3.74. The van der Waals surface area contributed by atoms with E-state index in [-0.39, 0.29) is 28.6 Å². The summed E-state index contributed by atoms with van der Waals surface area (Å²) in [5.41, 5.74) is 1.45. The summed E-state index contributed by atoms with van der Waals surface area (Å²) in [5.74, 6) is -0.292. The van der Waals surface area contributed by atoms with E-state index in [1.165, 1.54) is 10.7 Å². The molecule has 142 valence electrons. The van der Waals surface area contributed by atoms with Crippen LogP contribution >= 0.6 is 0 Å². The highest BCUT2D eigenvalue weighted by Gasteiger charge is 2.35. The Morgan fingerprint density at radius 1 is 1.07 bits per heavy atom. The number of nitrogens with one attached hydrogen (secondary N) is 1. The van der Waals surface area contributed by atoms with Gasteiger partial charge in [-0.25, -0.2) is 13.1 Å². The van der Waals surface area contributed by atoms with Gasteiger partial charge in [-0.3, -0.25) is 4.79 Å². The highest BCUT2D eigenvalue weighted by Crippen LogP contribution is 2.34. The normalized spacial score (nSPS) is 19.6. The fourth-order valence-corrected chi connectivity index (χ4v) is 5.00. The summed E-state index contributed by atoms with van der Waals surface area (Å²) in [6.07, 6.45) is 1.77. The van der Waals surface area contributed by atoms with E-state index in [0.29, 0.717) is 12.2 Å². The fourth-order valence-electron chi connectivity index (χ4n) is 3.83. The second-order valence-corrected chi connectivity index (χ2v) is 8.46.